The summed E-state index contributed by atoms with van der Waals surface area (Å²) in [6.07, 6.45) is 8.70. The molecule has 10 heteroatoms. The van der Waals surface area contributed by atoms with Crippen molar-refractivity contribution in [2.45, 2.75) is 52.1 Å². The maximum Gasteiger partial charge on any atom is 0.252 e. The largest absolute Gasteiger partial charge is 0.381 e. The van der Waals surface area contributed by atoms with E-state index in [1.54, 1.807) is 10.7 Å². The number of aryl methyl sites for hydroxylation is 1. The van der Waals surface area contributed by atoms with Gasteiger partial charge in [-0.25, -0.2) is 4.98 Å². The van der Waals surface area contributed by atoms with Crippen molar-refractivity contribution in [2.24, 2.45) is 17.6 Å². The Morgan fingerprint density at radius 3 is 2.62 bits per heavy atom. The first kappa shape index (κ1) is 26.7. The molecule has 0 bridgehead atoms. The van der Waals surface area contributed by atoms with E-state index in [-0.39, 0.29) is 17.9 Å². The van der Waals surface area contributed by atoms with Gasteiger partial charge in [0.25, 0.3) is 5.91 Å². The van der Waals surface area contributed by atoms with E-state index in [1.165, 1.54) is 0 Å². The van der Waals surface area contributed by atoms with E-state index in [2.05, 4.69) is 21.0 Å². The molecule has 1 fully saturated rings. The lowest BCUT2D eigenvalue weighted by Crippen LogP contribution is -2.39. The van der Waals surface area contributed by atoms with Gasteiger partial charge in [-0.05, 0) is 55.2 Å². The number of amides is 2. The summed E-state index contributed by atoms with van der Waals surface area (Å²) in [5, 5.41) is 14.5. The van der Waals surface area contributed by atoms with Crippen molar-refractivity contribution in [3.05, 3.63) is 53.7 Å². The first-order chi connectivity index (χ1) is 18.8. The molecule has 5 N–H and O–H groups in total. The Kier molecular flexibility index (Phi) is 7.83. The number of carbonyl (C=O) groups is 2. The van der Waals surface area contributed by atoms with Gasteiger partial charge in [0.15, 0.2) is 5.65 Å². The SMILES string of the molecule is Cc1cc(-c2cnn3c(NCC4CCOCC4)cc(N[C@H](C(N)=O)C(C)C)nc23)ccc1C(=O)NC1C=CC1. The van der Waals surface area contributed by atoms with Gasteiger partial charge in [0.2, 0.25) is 5.91 Å². The van der Waals surface area contributed by atoms with Crippen LogP contribution in [0.4, 0.5) is 11.6 Å². The lowest BCUT2D eigenvalue weighted by molar-refractivity contribution is -0.119. The third-order valence-electron chi connectivity index (χ3n) is 7.52. The van der Waals surface area contributed by atoms with Crippen LogP contribution in [0.1, 0.15) is 49.0 Å². The molecule has 2 aliphatic rings. The van der Waals surface area contributed by atoms with Crippen molar-refractivity contribution in [3.8, 4) is 11.1 Å². The Hall–Kier alpha value is -3.92. The number of nitrogens with one attached hydrogen (secondary N) is 3. The van der Waals surface area contributed by atoms with E-state index in [0.29, 0.717) is 22.9 Å². The quantitative estimate of drug-likeness (QED) is 0.294. The van der Waals surface area contributed by atoms with E-state index in [0.717, 1.165) is 61.5 Å². The number of fused-ring (bicyclic) bond motifs is 1. The number of hydrogen-bond acceptors (Lipinski definition) is 7. The molecule has 0 spiro atoms. The highest BCUT2D eigenvalue weighted by Gasteiger charge is 2.23. The van der Waals surface area contributed by atoms with Crippen molar-refractivity contribution < 1.29 is 14.3 Å². The fourth-order valence-electron chi connectivity index (χ4n) is 5.00. The smallest absolute Gasteiger partial charge is 0.252 e. The van der Waals surface area contributed by atoms with Crippen molar-refractivity contribution in [1.82, 2.24) is 19.9 Å². The second kappa shape index (κ2) is 11.4. The molecule has 5 rings (SSSR count). The monoisotopic (exact) mass is 531 g/mol. The fourth-order valence-corrected chi connectivity index (χ4v) is 5.00. The third kappa shape index (κ3) is 5.90. The number of primary amides is 1. The second-order valence-corrected chi connectivity index (χ2v) is 10.8. The summed E-state index contributed by atoms with van der Waals surface area (Å²) >= 11 is 0. The summed E-state index contributed by atoms with van der Waals surface area (Å²) in [7, 11) is 0. The Bertz CT molecular complexity index is 1390. The minimum atomic E-state index is -0.569. The van der Waals surface area contributed by atoms with Gasteiger partial charge in [-0.3, -0.25) is 9.59 Å². The molecule has 1 saturated heterocycles. The Morgan fingerprint density at radius 1 is 1.21 bits per heavy atom. The molecule has 0 radical (unpaired) electrons. The first-order valence-electron chi connectivity index (χ1n) is 13.6. The molecule has 1 unspecified atom stereocenters. The lowest BCUT2D eigenvalue weighted by atomic mass is 9.99. The van der Waals surface area contributed by atoms with Crippen molar-refractivity contribution in [1.29, 1.82) is 0 Å². The molecular formula is C29H37N7O3. The summed E-state index contributed by atoms with van der Waals surface area (Å²) in [5.74, 6) is 1.29. The number of nitrogens with two attached hydrogens (primary N) is 1. The fraction of sp³-hybridized carbons (Fsp3) is 0.448. The summed E-state index contributed by atoms with van der Waals surface area (Å²) in [6, 6.07) is 7.16. The van der Waals surface area contributed by atoms with Gasteiger partial charge in [-0.15, -0.1) is 0 Å². The molecule has 2 atom stereocenters. The van der Waals surface area contributed by atoms with Gasteiger partial charge >= 0.3 is 0 Å². The Morgan fingerprint density at radius 2 is 1.97 bits per heavy atom. The number of rotatable bonds is 10. The number of benzene rings is 1. The number of aromatic nitrogens is 3. The van der Waals surface area contributed by atoms with Gasteiger partial charge in [-0.2, -0.15) is 9.61 Å². The third-order valence-corrected chi connectivity index (χ3v) is 7.52. The normalized spacial score (nSPS) is 18.1. The summed E-state index contributed by atoms with van der Waals surface area (Å²) in [5.41, 5.74) is 9.56. The molecule has 3 aromatic rings. The number of anilines is 2. The molecule has 39 heavy (non-hydrogen) atoms. The Labute approximate surface area is 228 Å². The summed E-state index contributed by atoms with van der Waals surface area (Å²) in [6.45, 7) is 8.14. The van der Waals surface area contributed by atoms with Crippen molar-refractivity contribution in [2.75, 3.05) is 30.4 Å². The summed E-state index contributed by atoms with van der Waals surface area (Å²) in [4.78, 5) is 29.7. The topological polar surface area (TPSA) is 136 Å². The van der Waals surface area contributed by atoms with Crippen LogP contribution in [-0.2, 0) is 9.53 Å². The van der Waals surface area contributed by atoms with Crippen LogP contribution in [0.3, 0.4) is 0 Å². The second-order valence-electron chi connectivity index (χ2n) is 10.8. The highest BCUT2D eigenvalue weighted by Crippen LogP contribution is 2.30. The van der Waals surface area contributed by atoms with E-state index in [4.69, 9.17) is 15.5 Å². The van der Waals surface area contributed by atoms with Crippen LogP contribution in [-0.4, -0.2) is 58.3 Å². The lowest BCUT2D eigenvalue weighted by Gasteiger charge is -2.23. The van der Waals surface area contributed by atoms with E-state index in [9.17, 15) is 9.59 Å². The zero-order valence-electron chi connectivity index (χ0n) is 22.7. The molecule has 1 aliphatic carbocycles. The van der Waals surface area contributed by atoms with Gasteiger partial charge in [0.1, 0.15) is 17.7 Å². The van der Waals surface area contributed by atoms with Crippen molar-refractivity contribution in [3.63, 3.8) is 0 Å². The molecule has 206 valence electrons. The van der Waals surface area contributed by atoms with E-state index in [1.807, 2.05) is 57.2 Å². The highest BCUT2D eigenvalue weighted by atomic mass is 16.5. The van der Waals surface area contributed by atoms with Gasteiger partial charge in [-0.1, -0.05) is 38.1 Å². The van der Waals surface area contributed by atoms with E-state index >= 15 is 0 Å². The molecule has 2 amide bonds. The van der Waals surface area contributed by atoms with E-state index < -0.39 is 11.9 Å². The number of nitrogens with zero attached hydrogens (tertiary/aromatic N) is 3. The standard InChI is InChI=1S/C29H37N7O3/c1-17(2)26(27(30)37)34-24-14-25(31-15-19-9-11-39-12-10-19)36-28(35-24)23(16-32-36)20-7-8-22(18(3)13-20)29(38)33-21-5-4-6-21/h4-5,7-8,13-14,16-17,19,21,26,31H,6,9-12,15H2,1-3H3,(H2,30,37)(H,33,38)(H,34,35)/t21?,26-/m0/s1. The van der Waals surface area contributed by atoms with Crippen LogP contribution in [0.2, 0.25) is 0 Å². The van der Waals surface area contributed by atoms with Gasteiger partial charge < -0.3 is 26.4 Å². The molecule has 0 saturated carbocycles. The van der Waals surface area contributed by atoms with Crippen LogP contribution in [0.5, 0.6) is 0 Å². The average Bonchev–Trinajstić information content (AvgIpc) is 3.32. The minimum Gasteiger partial charge on any atom is -0.381 e. The maximum atomic E-state index is 12.7. The number of carbonyl (C=O) groups excluding carboxylic acids is 2. The zero-order valence-corrected chi connectivity index (χ0v) is 22.7. The van der Waals surface area contributed by atoms with Crippen LogP contribution >= 0.6 is 0 Å². The Balaban J connectivity index is 1.48. The summed E-state index contributed by atoms with van der Waals surface area (Å²) < 4.78 is 7.29. The predicted molar refractivity (Wildman–Crippen MR) is 152 cm³/mol. The molecule has 3 heterocycles. The molecule has 1 aromatic carbocycles. The van der Waals surface area contributed by atoms with Crippen LogP contribution < -0.4 is 21.7 Å². The molecular weight excluding hydrogens is 494 g/mol. The number of ether oxygens (including phenoxy) is 1. The van der Waals surface area contributed by atoms with Crippen LogP contribution in [0, 0.1) is 18.8 Å². The molecule has 2 aromatic heterocycles. The predicted octanol–water partition coefficient (Wildman–Crippen LogP) is 3.52. The first-order valence-corrected chi connectivity index (χ1v) is 13.6. The average molecular weight is 532 g/mol. The van der Waals surface area contributed by atoms with Crippen LogP contribution in [0.15, 0.2) is 42.6 Å². The maximum absolute atomic E-state index is 12.7. The van der Waals surface area contributed by atoms with Crippen molar-refractivity contribution >= 4 is 29.1 Å². The molecule has 10 nitrogen and oxygen atoms in total. The number of hydrogen-bond donors (Lipinski definition) is 4. The van der Waals surface area contributed by atoms with Crippen LogP contribution in [0.25, 0.3) is 16.8 Å². The van der Waals surface area contributed by atoms with Gasteiger partial charge in [0.05, 0.1) is 12.2 Å². The highest BCUT2D eigenvalue weighted by molar-refractivity contribution is 5.97. The molecule has 1 aliphatic heterocycles. The minimum absolute atomic E-state index is 0.0136. The zero-order chi connectivity index (χ0) is 27.5. The van der Waals surface area contributed by atoms with Gasteiger partial charge in [0, 0.05) is 37.0 Å².